The van der Waals surface area contributed by atoms with Gasteiger partial charge in [-0.15, -0.1) is 11.6 Å². The SMILES string of the molecule is OC(CCl)COc1cccc(F)c1F. The van der Waals surface area contributed by atoms with Gasteiger partial charge in [-0.1, -0.05) is 6.07 Å². The minimum atomic E-state index is -1.06. The fraction of sp³-hybridized carbons (Fsp3) is 0.333. The molecule has 0 amide bonds. The molecule has 78 valence electrons. The Hall–Kier alpha value is -0.870. The lowest BCUT2D eigenvalue weighted by Crippen LogP contribution is -2.19. The van der Waals surface area contributed by atoms with Crippen LogP contribution in [-0.4, -0.2) is 23.7 Å². The van der Waals surface area contributed by atoms with Gasteiger partial charge in [-0.25, -0.2) is 4.39 Å². The van der Waals surface area contributed by atoms with E-state index in [0.29, 0.717) is 0 Å². The number of alkyl halides is 1. The molecule has 0 aromatic heterocycles. The number of ether oxygens (including phenoxy) is 1. The van der Waals surface area contributed by atoms with Gasteiger partial charge in [0, 0.05) is 0 Å². The molecule has 0 spiro atoms. The van der Waals surface area contributed by atoms with Crippen LogP contribution in [0, 0.1) is 11.6 Å². The van der Waals surface area contributed by atoms with Gasteiger partial charge in [0.05, 0.1) is 5.88 Å². The molecule has 1 unspecified atom stereocenters. The molecule has 5 heteroatoms. The van der Waals surface area contributed by atoms with E-state index in [9.17, 15) is 8.78 Å². The van der Waals surface area contributed by atoms with Crippen LogP contribution < -0.4 is 4.74 Å². The summed E-state index contributed by atoms with van der Waals surface area (Å²) in [5.74, 6) is -2.29. The third-order valence-electron chi connectivity index (χ3n) is 1.53. The largest absolute Gasteiger partial charge is 0.488 e. The second-order valence-electron chi connectivity index (χ2n) is 2.67. The van der Waals surface area contributed by atoms with Crippen molar-refractivity contribution in [1.82, 2.24) is 0 Å². The van der Waals surface area contributed by atoms with Gasteiger partial charge < -0.3 is 9.84 Å². The van der Waals surface area contributed by atoms with E-state index >= 15 is 0 Å². The highest BCUT2D eigenvalue weighted by molar-refractivity contribution is 6.18. The second-order valence-corrected chi connectivity index (χ2v) is 2.98. The topological polar surface area (TPSA) is 29.5 Å². The van der Waals surface area contributed by atoms with Crippen molar-refractivity contribution >= 4 is 11.6 Å². The van der Waals surface area contributed by atoms with E-state index in [1.807, 2.05) is 0 Å². The molecule has 1 rings (SSSR count). The molecule has 2 nitrogen and oxygen atoms in total. The molecule has 1 aromatic carbocycles. The Labute approximate surface area is 85.1 Å². The van der Waals surface area contributed by atoms with Crippen molar-refractivity contribution in [2.24, 2.45) is 0 Å². The van der Waals surface area contributed by atoms with E-state index < -0.39 is 17.7 Å². The lowest BCUT2D eigenvalue weighted by atomic mass is 10.3. The van der Waals surface area contributed by atoms with E-state index in [4.69, 9.17) is 21.4 Å². The predicted octanol–water partition coefficient (Wildman–Crippen LogP) is 1.94. The first-order valence-corrected chi connectivity index (χ1v) is 4.49. The first-order valence-electron chi connectivity index (χ1n) is 3.96. The van der Waals surface area contributed by atoms with Crippen molar-refractivity contribution in [1.29, 1.82) is 0 Å². The summed E-state index contributed by atoms with van der Waals surface area (Å²) in [5, 5.41) is 9.01. The summed E-state index contributed by atoms with van der Waals surface area (Å²) in [6.07, 6.45) is -0.890. The molecule has 14 heavy (non-hydrogen) atoms. The standard InChI is InChI=1S/C9H9ClF2O2/c10-4-6(13)5-14-8-3-1-2-7(11)9(8)12/h1-3,6,13H,4-5H2. The van der Waals surface area contributed by atoms with Crippen molar-refractivity contribution in [3.05, 3.63) is 29.8 Å². The van der Waals surface area contributed by atoms with Gasteiger partial charge in [0.2, 0.25) is 5.82 Å². The number of hydrogen-bond donors (Lipinski definition) is 1. The summed E-state index contributed by atoms with van der Waals surface area (Å²) in [4.78, 5) is 0. The van der Waals surface area contributed by atoms with Crippen LogP contribution >= 0.6 is 11.6 Å². The summed E-state index contributed by atoms with van der Waals surface area (Å²) in [6, 6.07) is 3.58. The molecule has 0 heterocycles. The van der Waals surface area contributed by atoms with Crippen LogP contribution in [0.25, 0.3) is 0 Å². The summed E-state index contributed by atoms with van der Waals surface area (Å²) in [7, 11) is 0. The number of halogens is 3. The molecule has 1 N–H and O–H groups in total. The second kappa shape index (κ2) is 5.12. The minimum Gasteiger partial charge on any atom is -0.488 e. The number of aliphatic hydroxyl groups excluding tert-OH is 1. The zero-order chi connectivity index (χ0) is 10.6. The number of aliphatic hydroxyl groups is 1. The lowest BCUT2D eigenvalue weighted by Gasteiger charge is -2.10. The fourth-order valence-corrected chi connectivity index (χ4v) is 0.915. The number of rotatable bonds is 4. The highest BCUT2D eigenvalue weighted by Crippen LogP contribution is 2.19. The van der Waals surface area contributed by atoms with Gasteiger partial charge in [-0.2, -0.15) is 4.39 Å². The third kappa shape index (κ3) is 2.82. The molecule has 1 atom stereocenters. The molecular weight excluding hydrogens is 214 g/mol. The van der Waals surface area contributed by atoms with Gasteiger partial charge in [-0.3, -0.25) is 0 Å². The van der Waals surface area contributed by atoms with Gasteiger partial charge in [0.1, 0.15) is 12.7 Å². The number of hydrogen-bond acceptors (Lipinski definition) is 2. The van der Waals surface area contributed by atoms with Crippen molar-refractivity contribution in [3.8, 4) is 5.75 Å². The lowest BCUT2D eigenvalue weighted by molar-refractivity contribution is 0.122. The van der Waals surface area contributed by atoms with Gasteiger partial charge in [0.15, 0.2) is 11.6 Å². The van der Waals surface area contributed by atoms with Crippen LogP contribution in [0.3, 0.4) is 0 Å². The summed E-state index contributed by atoms with van der Waals surface area (Å²) in [6.45, 7) is -0.163. The molecule has 0 aliphatic carbocycles. The first-order chi connectivity index (χ1) is 6.65. The first kappa shape index (κ1) is 11.2. The van der Waals surface area contributed by atoms with E-state index in [2.05, 4.69) is 0 Å². The monoisotopic (exact) mass is 222 g/mol. The Morgan fingerprint density at radius 3 is 2.79 bits per heavy atom. The molecule has 0 saturated carbocycles. The Morgan fingerprint density at radius 2 is 2.14 bits per heavy atom. The average Bonchev–Trinajstić information content (AvgIpc) is 2.20. The Morgan fingerprint density at radius 1 is 1.43 bits per heavy atom. The quantitative estimate of drug-likeness (QED) is 0.789. The van der Waals surface area contributed by atoms with Crippen LogP contribution in [0.4, 0.5) is 8.78 Å². The zero-order valence-electron chi connectivity index (χ0n) is 7.21. The van der Waals surface area contributed by atoms with Gasteiger partial charge in [0.25, 0.3) is 0 Å². The van der Waals surface area contributed by atoms with Crippen LogP contribution in [0.5, 0.6) is 5.75 Å². The van der Waals surface area contributed by atoms with E-state index in [0.717, 1.165) is 6.07 Å². The highest BCUT2D eigenvalue weighted by Gasteiger charge is 2.10. The Kier molecular flexibility index (Phi) is 4.10. The Bertz CT molecular complexity index is 307. The Balaban J connectivity index is 2.63. The third-order valence-corrected chi connectivity index (χ3v) is 1.88. The summed E-state index contributed by atoms with van der Waals surface area (Å²) >= 11 is 5.29. The summed E-state index contributed by atoms with van der Waals surface area (Å²) in [5.41, 5.74) is 0. The fourth-order valence-electron chi connectivity index (χ4n) is 0.826. The van der Waals surface area contributed by atoms with Crippen LogP contribution in [-0.2, 0) is 0 Å². The molecular formula is C9H9ClF2O2. The molecule has 1 aromatic rings. The predicted molar refractivity (Wildman–Crippen MR) is 48.6 cm³/mol. The van der Waals surface area contributed by atoms with Crippen molar-refractivity contribution in [3.63, 3.8) is 0 Å². The van der Waals surface area contributed by atoms with E-state index in [-0.39, 0.29) is 18.2 Å². The average molecular weight is 223 g/mol. The maximum Gasteiger partial charge on any atom is 0.200 e. The highest BCUT2D eigenvalue weighted by atomic mass is 35.5. The molecule has 0 saturated heterocycles. The molecule has 0 fully saturated rings. The minimum absolute atomic E-state index is 0.0169. The molecule has 0 radical (unpaired) electrons. The van der Waals surface area contributed by atoms with Crippen LogP contribution in [0.2, 0.25) is 0 Å². The summed E-state index contributed by atoms with van der Waals surface area (Å²) < 4.78 is 30.4. The van der Waals surface area contributed by atoms with Crippen molar-refractivity contribution < 1.29 is 18.6 Å². The normalized spacial score (nSPS) is 12.6. The van der Waals surface area contributed by atoms with Crippen LogP contribution in [0.1, 0.15) is 0 Å². The van der Waals surface area contributed by atoms with Gasteiger partial charge >= 0.3 is 0 Å². The van der Waals surface area contributed by atoms with E-state index in [1.54, 1.807) is 0 Å². The smallest absolute Gasteiger partial charge is 0.200 e. The maximum absolute atomic E-state index is 12.9. The van der Waals surface area contributed by atoms with Gasteiger partial charge in [-0.05, 0) is 12.1 Å². The van der Waals surface area contributed by atoms with E-state index in [1.165, 1.54) is 12.1 Å². The van der Waals surface area contributed by atoms with Crippen molar-refractivity contribution in [2.45, 2.75) is 6.10 Å². The molecule has 0 bridgehead atoms. The molecule has 0 aliphatic rings. The molecule has 0 aliphatic heterocycles. The maximum atomic E-state index is 12.9. The zero-order valence-corrected chi connectivity index (χ0v) is 7.97. The number of benzene rings is 1. The van der Waals surface area contributed by atoms with Crippen molar-refractivity contribution in [2.75, 3.05) is 12.5 Å². The van der Waals surface area contributed by atoms with Crippen LogP contribution in [0.15, 0.2) is 18.2 Å².